The van der Waals surface area contributed by atoms with Gasteiger partial charge in [-0.1, -0.05) is 6.92 Å². The maximum absolute atomic E-state index is 5.66. The van der Waals surface area contributed by atoms with Crippen molar-refractivity contribution in [3.63, 3.8) is 0 Å². The summed E-state index contributed by atoms with van der Waals surface area (Å²) >= 11 is 3.61. The molecular formula is C14H25BrN2O3. The first-order chi connectivity index (χ1) is 9.74. The van der Waals surface area contributed by atoms with Crippen LogP contribution in [-0.4, -0.2) is 43.3 Å². The number of methoxy groups -OCH3 is 1. The average Bonchev–Trinajstić information content (AvgIpc) is 2.78. The van der Waals surface area contributed by atoms with Gasteiger partial charge in [0.2, 0.25) is 0 Å². The highest BCUT2D eigenvalue weighted by Crippen LogP contribution is 2.22. The third-order valence-corrected chi connectivity index (χ3v) is 3.86. The van der Waals surface area contributed by atoms with E-state index in [0.29, 0.717) is 26.4 Å². The lowest BCUT2D eigenvalue weighted by Gasteiger charge is -2.07. The molecule has 0 aromatic carbocycles. The largest absolute Gasteiger partial charge is 0.385 e. The van der Waals surface area contributed by atoms with Gasteiger partial charge in [0.05, 0.1) is 35.7 Å². The molecule has 0 spiro atoms. The molecule has 116 valence electrons. The normalized spacial score (nSPS) is 11.2. The zero-order chi connectivity index (χ0) is 14.8. The minimum Gasteiger partial charge on any atom is -0.385 e. The minimum absolute atomic E-state index is 0.558. The number of aromatic nitrogens is 2. The molecule has 0 fully saturated rings. The van der Waals surface area contributed by atoms with Crippen molar-refractivity contribution in [2.75, 3.05) is 33.5 Å². The second-order valence-electron chi connectivity index (χ2n) is 4.39. The van der Waals surface area contributed by atoms with Crippen molar-refractivity contribution in [1.29, 1.82) is 0 Å². The van der Waals surface area contributed by atoms with Gasteiger partial charge in [0, 0.05) is 26.9 Å². The summed E-state index contributed by atoms with van der Waals surface area (Å²) in [7, 11) is 1.70. The Balaban J connectivity index is 2.26. The van der Waals surface area contributed by atoms with Gasteiger partial charge >= 0.3 is 0 Å². The summed E-state index contributed by atoms with van der Waals surface area (Å²) in [4.78, 5) is 0. The van der Waals surface area contributed by atoms with Gasteiger partial charge in [0.15, 0.2) is 0 Å². The van der Waals surface area contributed by atoms with Gasteiger partial charge in [-0.3, -0.25) is 4.68 Å². The molecule has 0 aliphatic carbocycles. The number of ether oxygens (including phenoxy) is 3. The molecular weight excluding hydrogens is 324 g/mol. The average molecular weight is 349 g/mol. The van der Waals surface area contributed by atoms with Gasteiger partial charge in [-0.05, 0) is 35.7 Å². The Hall–Kier alpha value is -0.430. The van der Waals surface area contributed by atoms with E-state index in [1.54, 1.807) is 7.11 Å². The Morgan fingerprint density at radius 3 is 2.50 bits per heavy atom. The molecule has 1 aromatic heterocycles. The van der Waals surface area contributed by atoms with E-state index in [-0.39, 0.29) is 0 Å². The summed E-state index contributed by atoms with van der Waals surface area (Å²) in [5.41, 5.74) is 2.19. The van der Waals surface area contributed by atoms with Gasteiger partial charge in [0.25, 0.3) is 0 Å². The smallest absolute Gasteiger partial charge is 0.0897 e. The summed E-state index contributed by atoms with van der Waals surface area (Å²) in [5, 5.41) is 4.54. The van der Waals surface area contributed by atoms with Gasteiger partial charge in [0.1, 0.15) is 0 Å². The summed E-state index contributed by atoms with van der Waals surface area (Å²) in [6.45, 7) is 8.26. The quantitative estimate of drug-likeness (QED) is 0.577. The molecule has 1 heterocycles. The topological polar surface area (TPSA) is 45.5 Å². The molecule has 0 aliphatic rings. The Kier molecular flexibility index (Phi) is 9.09. The van der Waals surface area contributed by atoms with Crippen LogP contribution in [0.3, 0.4) is 0 Å². The lowest BCUT2D eigenvalue weighted by Crippen LogP contribution is -2.09. The first-order valence-corrected chi connectivity index (χ1v) is 7.92. The van der Waals surface area contributed by atoms with Crippen LogP contribution in [0.15, 0.2) is 4.47 Å². The number of hydrogen-bond donors (Lipinski definition) is 0. The fraction of sp³-hybridized carbons (Fsp3) is 0.786. The van der Waals surface area contributed by atoms with Crippen LogP contribution in [0.5, 0.6) is 0 Å². The Morgan fingerprint density at radius 2 is 1.85 bits per heavy atom. The van der Waals surface area contributed by atoms with Gasteiger partial charge in [-0.2, -0.15) is 5.10 Å². The molecule has 0 saturated carbocycles. The molecule has 0 saturated heterocycles. The second-order valence-corrected chi connectivity index (χ2v) is 5.18. The van der Waals surface area contributed by atoms with Crippen molar-refractivity contribution >= 4 is 15.9 Å². The van der Waals surface area contributed by atoms with Crippen LogP contribution in [0.2, 0.25) is 0 Å². The highest BCUT2D eigenvalue weighted by molar-refractivity contribution is 9.10. The lowest BCUT2D eigenvalue weighted by atomic mass is 10.3. The zero-order valence-corrected chi connectivity index (χ0v) is 14.2. The number of halogens is 1. The molecule has 0 N–H and O–H groups in total. The molecule has 0 aliphatic heterocycles. The van der Waals surface area contributed by atoms with Crippen molar-refractivity contribution in [3.8, 4) is 0 Å². The molecule has 6 heteroatoms. The zero-order valence-electron chi connectivity index (χ0n) is 12.7. The molecule has 1 aromatic rings. The van der Waals surface area contributed by atoms with Gasteiger partial charge < -0.3 is 14.2 Å². The minimum atomic E-state index is 0.558. The number of rotatable bonds is 11. The van der Waals surface area contributed by atoms with E-state index in [4.69, 9.17) is 14.2 Å². The van der Waals surface area contributed by atoms with Crippen LogP contribution in [-0.2, 0) is 33.8 Å². The molecule has 0 atom stereocenters. The monoisotopic (exact) mass is 348 g/mol. The molecule has 1 rings (SSSR count). The SMILES string of the molecule is CCc1nn(CC)c(COCCOCCCOC)c1Br. The van der Waals surface area contributed by atoms with Crippen molar-refractivity contribution in [1.82, 2.24) is 9.78 Å². The second kappa shape index (κ2) is 10.3. The van der Waals surface area contributed by atoms with Crippen LogP contribution >= 0.6 is 15.9 Å². The fourth-order valence-corrected chi connectivity index (χ4v) is 2.53. The molecule has 0 radical (unpaired) electrons. The first-order valence-electron chi connectivity index (χ1n) is 7.13. The Bertz CT molecular complexity index is 383. The number of aryl methyl sites for hydroxylation is 2. The van der Waals surface area contributed by atoms with E-state index in [0.717, 1.165) is 41.9 Å². The van der Waals surface area contributed by atoms with Crippen molar-refractivity contribution in [3.05, 3.63) is 15.9 Å². The Morgan fingerprint density at radius 1 is 1.10 bits per heavy atom. The highest BCUT2D eigenvalue weighted by atomic mass is 79.9. The van der Waals surface area contributed by atoms with Crippen LogP contribution in [0.4, 0.5) is 0 Å². The van der Waals surface area contributed by atoms with E-state index in [1.807, 2.05) is 4.68 Å². The highest BCUT2D eigenvalue weighted by Gasteiger charge is 2.13. The van der Waals surface area contributed by atoms with Crippen molar-refractivity contribution in [2.45, 2.75) is 39.8 Å². The van der Waals surface area contributed by atoms with E-state index >= 15 is 0 Å². The molecule has 20 heavy (non-hydrogen) atoms. The molecule has 0 bridgehead atoms. The third kappa shape index (κ3) is 5.52. The first kappa shape index (κ1) is 17.6. The predicted octanol–water partition coefficient (Wildman–Crippen LogP) is 2.80. The van der Waals surface area contributed by atoms with E-state index in [9.17, 15) is 0 Å². The maximum atomic E-state index is 5.66. The predicted molar refractivity (Wildman–Crippen MR) is 81.9 cm³/mol. The van der Waals surface area contributed by atoms with Crippen LogP contribution in [0.1, 0.15) is 31.7 Å². The molecule has 0 unspecified atom stereocenters. The van der Waals surface area contributed by atoms with Crippen LogP contribution in [0.25, 0.3) is 0 Å². The van der Waals surface area contributed by atoms with Crippen LogP contribution < -0.4 is 0 Å². The number of nitrogens with zero attached hydrogens (tertiary/aromatic N) is 2. The van der Waals surface area contributed by atoms with E-state index < -0.39 is 0 Å². The standard InChI is InChI=1S/C14H25BrN2O3/c1-4-12-14(15)13(17(5-2)16-12)11-20-10-9-19-8-6-7-18-3/h4-11H2,1-3H3. The fourth-order valence-electron chi connectivity index (χ4n) is 1.85. The summed E-state index contributed by atoms with van der Waals surface area (Å²) in [6.07, 6.45) is 1.84. The van der Waals surface area contributed by atoms with E-state index in [1.165, 1.54) is 0 Å². The summed E-state index contributed by atoms with van der Waals surface area (Å²) in [6, 6.07) is 0. The van der Waals surface area contributed by atoms with E-state index in [2.05, 4.69) is 34.9 Å². The summed E-state index contributed by atoms with van der Waals surface area (Å²) in [5.74, 6) is 0. The van der Waals surface area contributed by atoms with Crippen molar-refractivity contribution in [2.24, 2.45) is 0 Å². The van der Waals surface area contributed by atoms with Gasteiger partial charge in [-0.25, -0.2) is 0 Å². The lowest BCUT2D eigenvalue weighted by molar-refractivity contribution is 0.0315. The Labute approximate surface area is 129 Å². The van der Waals surface area contributed by atoms with Gasteiger partial charge in [-0.15, -0.1) is 0 Å². The number of hydrogen-bond acceptors (Lipinski definition) is 4. The maximum Gasteiger partial charge on any atom is 0.0897 e. The third-order valence-electron chi connectivity index (χ3n) is 2.94. The molecule has 5 nitrogen and oxygen atoms in total. The molecule has 0 amide bonds. The summed E-state index contributed by atoms with van der Waals surface area (Å²) < 4.78 is 19.1. The van der Waals surface area contributed by atoms with Crippen LogP contribution in [0, 0.1) is 0 Å². The van der Waals surface area contributed by atoms with Crippen molar-refractivity contribution < 1.29 is 14.2 Å².